The summed E-state index contributed by atoms with van der Waals surface area (Å²) in [5.41, 5.74) is 1.40. The van der Waals surface area contributed by atoms with E-state index in [0.29, 0.717) is 22.8 Å². The zero-order chi connectivity index (χ0) is 18.7. The van der Waals surface area contributed by atoms with Crippen molar-refractivity contribution in [2.45, 2.75) is 6.54 Å². The quantitative estimate of drug-likeness (QED) is 0.649. The number of halogens is 1. The van der Waals surface area contributed by atoms with E-state index in [1.807, 2.05) is 18.2 Å². The number of nitrogens with one attached hydrogen (secondary N) is 1. The predicted octanol–water partition coefficient (Wildman–Crippen LogP) is 4.15. The molecule has 0 fully saturated rings. The lowest BCUT2D eigenvalue weighted by Gasteiger charge is -2.14. The average molecular weight is 420 g/mol. The first-order valence-electron chi connectivity index (χ1n) is 7.82. The first-order valence-corrected chi connectivity index (χ1v) is 8.61. The Labute approximate surface area is 159 Å². The van der Waals surface area contributed by atoms with Crippen molar-refractivity contribution < 1.29 is 23.4 Å². The molecule has 1 N–H and O–H groups in total. The van der Waals surface area contributed by atoms with Crippen molar-refractivity contribution in [3.63, 3.8) is 0 Å². The molecule has 136 valence electrons. The molecule has 1 heterocycles. The van der Waals surface area contributed by atoms with E-state index in [4.69, 9.17) is 18.6 Å². The van der Waals surface area contributed by atoms with Crippen LogP contribution in [0.5, 0.6) is 17.2 Å². The van der Waals surface area contributed by atoms with E-state index in [-0.39, 0.29) is 18.2 Å². The lowest BCUT2D eigenvalue weighted by atomic mass is 10.1. The molecule has 0 spiro atoms. The summed E-state index contributed by atoms with van der Waals surface area (Å²) in [7, 11) is 4.67. The predicted molar refractivity (Wildman–Crippen MR) is 101 cm³/mol. The van der Waals surface area contributed by atoms with E-state index >= 15 is 0 Å². The number of rotatable bonds is 6. The number of amides is 1. The molecular weight excluding hydrogens is 402 g/mol. The molecule has 1 aromatic heterocycles. The Kier molecular flexibility index (Phi) is 5.37. The minimum absolute atomic E-state index is 0.242. The van der Waals surface area contributed by atoms with Gasteiger partial charge in [-0.05, 0) is 34.1 Å². The molecule has 2 aromatic carbocycles. The van der Waals surface area contributed by atoms with Crippen LogP contribution in [0.2, 0.25) is 0 Å². The normalized spacial score (nSPS) is 10.6. The number of carbonyl (C=O) groups is 1. The van der Waals surface area contributed by atoms with Gasteiger partial charge in [0.25, 0.3) is 5.91 Å². The van der Waals surface area contributed by atoms with Gasteiger partial charge in [-0.15, -0.1) is 0 Å². The SMILES string of the molecule is COc1cc(OC)c(OC)cc1CNC(=O)c1cc2cccc(Br)c2o1. The third kappa shape index (κ3) is 3.48. The van der Waals surface area contributed by atoms with E-state index < -0.39 is 0 Å². The summed E-state index contributed by atoms with van der Waals surface area (Å²) in [6.45, 7) is 0.251. The number of carbonyl (C=O) groups excluding carboxylic acids is 1. The molecule has 0 aliphatic rings. The molecule has 3 rings (SSSR count). The van der Waals surface area contributed by atoms with Crippen LogP contribution in [0.1, 0.15) is 16.1 Å². The van der Waals surface area contributed by atoms with Crippen molar-refractivity contribution in [1.82, 2.24) is 5.32 Å². The molecule has 26 heavy (non-hydrogen) atoms. The molecule has 6 nitrogen and oxygen atoms in total. The van der Waals surface area contributed by atoms with Crippen molar-refractivity contribution in [1.29, 1.82) is 0 Å². The summed E-state index contributed by atoms with van der Waals surface area (Å²) in [6.07, 6.45) is 0. The summed E-state index contributed by atoms with van der Waals surface area (Å²) in [5.74, 6) is 1.64. The van der Waals surface area contributed by atoms with Gasteiger partial charge in [-0.25, -0.2) is 0 Å². The molecule has 1 amide bonds. The van der Waals surface area contributed by atoms with Gasteiger partial charge in [0.1, 0.15) is 11.3 Å². The summed E-state index contributed by atoms with van der Waals surface area (Å²) >= 11 is 3.42. The second-order valence-electron chi connectivity index (χ2n) is 5.47. The number of methoxy groups -OCH3 is 3. The molecule has 3 aromatic rings. The van der Waals surface area contributed by atoms with Gasteiger partial charge in [-0.1, -0.05) is 12.1 Å². The van der Waals surface area contributed by atoms with Crippen LogP contribution < -0.4 is 19.5 Å². The van der Waals surface area contributed by atoms with Gasteiger partial charge in [0.2, 0.25) is 0 Å². The van der Waals surface area contributed by atoms with Gasteiger partial charge in [0.15, 0.2) is 17.3 Å². The molecule has 0 aliphatic heterocycles. The molecule has 0 aliphatic carbocycles. The minimum Gasteiger partial charge on any atom is -0.496 e. The number of para-hydroxylation sites is 1. The maximum absolute atomic E-state index is 12.5. The Balaban J connectivity index is 1.81. The van der Waals surface area contributed by atoms with Crippen molar-refractivity contribution in [3.05, 3.63) is 52.2 Å². The average Bonchev–Trinajstić information content (AvgIpc) is 3.11. The summed E-state index contributed by atoms with van der Waals surface area (Å²) in [4.78, 5) is 12.5. The second-order valence-corrected chi connectivity index (χ2v) is 6.32. The van der Waals surface area contributed by atoms with E-state index in [0.717, 1.165) is 15.4 Å². The monoisotopic (exact) mass is 419 g/mol. The maximum Gasteiger partial charge on any atom is 0.287 e. The second kappa shape index (κ2) is 7.70. The number of fused-ring (bicyclic) bond motifs is 1. The Morgan fingerprint density at radius 1 is 1.04 bits per heavy atom. The highest BCUT2D eigenvalue weighted by molar-refractivity contribution is 9.10. The summed E-state index contributed by atoms with van der Waals surface area (Å²) in [5, 5.41) is 3.69. The third-order valence-corrected chi connectivity index (χ3v) is 4.57. The number of furan rings is 1. The van der Waals surface area contributed by atoms with Crippen molar-refractivity contribution in [2.24, 2.45) is 0 Å². The van der Waals surface area contributed by atoms with E-state index in [9.17, 15) is 4.79 Å². The van der Waals surface area contributed by atoms with E-state index in [2.05, 4.69) is 21.2 Å². The largest absolute Gasteiger partial charge is 0.496 e. The van der Waals surface area contributed by atoms with Gasteiger partial charge in [-0.3, -0.25) is 4.79 Å². The highest BCUT2D eigenvalue weighted by atomic mass is 79.9. The van der Waals surface area contributed by atoms with Crippen LogP contribution in [0.15, 0.2) is 45.3 Å². The number of benzene rings is 2. The third-order valence-electron chi connectivity index (χ3n) is 3.95. The van der Waals surface area contributed by atoms with Crippen LogP contribution in [0.4, 0.5) is 0 Å². The lowest BCUT2D eigenvalue weighted by Crippen LogP contribution is -2.22. The Bertz CT molecular complexity index is 950. The fraction of sp³-hybridized carbons (Fsp3) is 0.211. The smallest absolute Gasteiger partial charge is 0.287 e. The van der Waals surface area contributed by atoms with Gasteiger partial charge >= 0.3 is 0 Å². The van der Waals surface area contributed by atoms with Crippen LogP contribution >= 0.6 is 15.9 Å². The first kappa shape index (κ1) is 18.1. The zero-order valence-electron chi connectivity index (χ0n) is 14.6. The van der Waals surface area contributed by atoms with Gasteiger partial charge in [-0.2, -0.15) is 0 Å². The molecule has 7 heteroatoms. The number of hydrogen-bond acceptors (Lipinski definition) is 5. The van der Waals surface area contributed by atoms with Crippen LogP contribution in [0, 0.1) is 0 Å². The molecule has 0 radical (unpaired) electrons. The summed E-state index contributed by atoms with van der Waals surface area (Å²) < 4.78 is 22.4. The molecule has 0 saturated heterocycles. The Hall–Kier alpha value is -2.67. The van der Waals surface area contributed by atoms with Crippen LogP contribution in [-0.2, 0) is 6.54 Å². The van der Waals surface area contributed by atoms with Crippen molar-refractivity contribution in [3.8, 4) is 17.2 Å². The van der Waals surface area contributed by atoms with Crippen LogP contribution in [0.25, 0.3) is 11.0 Å². The lowest BCUT2D eigenvalue weighted by molar-refractivity contribution is 0.0925. The highest BCUT2D eigenvalue weighted by Gasteiger charge is 2.16. The zero-order valence-corrected chi connectivity index (χ0v) is 16.2. The Morgan fingerprint density at radius 2 is 1.73 bits per heavy atom. The first-order chi connectivity index (χ1) is 12.6. The molecule has 0 bridgehead atoms. The van der Waals surface area contributed by atoms with E-state index in [1.165, 1.54) is 0 Å². The topological polar surface area (TPSA) is 69.9 Å². The highest BCUT2D eigenvalue weighted by Crippen LogP contribution is 2.34. The standard InChI is InChI=1S/C19H18BrNO5/c1-23-14-9-16(25-3)15(24-2)8-12(14)10-21-19(22)17-7-11-5-4-6-13(20)18(11)26-17/h4-9H,10H2,1-3H3,(H,21,22). The van der Waals surface area contributed by atoms with Crippen molar-refractivity contribution in [2.75, 3.05) is 21.3 Å². The Morgan fingerprint density at radius 3 is 2.38 bits per heavy atom. The van der Waals surface area contributed by atoms with Crippen molar-refractivity contribution >= 4 is 32.8 Å². The van der Waals surface area contributed by atoms with Crippen LogP contribution in [0.3, 0.4) is 0 Å². The van der Waals surface area contributed by atoms with Crippen LogP contribution in [-0.4, -0.2) is 27.2 Å². The van der Waals surface area contributed by atoms with Gasteiger partial charge in [0.05, 0.1) is 25.8 Å². The summed E-state index contributed by atoms with van der Waals surface area (Å²) in [6, 6.07) is 10.8. The fourth-order valence-corrected chi connectivity index (χ4v) is 3.10. The van der Waals surface area contributed by atoms with E-state index in [1.54, 1.807) is 39.5 Å². The molecule has 0 unspecified atom stereocenters. The number of hydrogen-bond donors (Lipinski definition) is 1. The van der Waals surface area contributed by atoms with Gasteiger partial charge in [0, 0.05) is 23.6 Å². The minimum atomic E-state index is -0.315. The maximum atomic E-state index is 12.5. The molecule has 0 atom stereocenters. The number of ether oxygens (including phenoxy) is 3. The molecule has 0 saturated carbocycles. The fourth-order valence-electron chi connectivity index (χ4n) is 2.63. The van der Waals surface area contributed by atoms with Gasteiger partial charge < -0.3 is 23.9 Å². The molecular formula is C19H18BrNO5.